The minimum atomic E-state index is 0.633. The van der Waals surface area contributed by atoms with E-state index in [-0.39, 0.29) is 0 Å². The van der Waals surface area contributed by atoms with Crippen molar-refractivity contribution in [3.05, 3.63) is 72.3 Å². The number of rotatable bonds is 2. The predicted molar refractivity (Wildman–Crippen MR) is 106 cm³/mol. The Hall–Kier alpha value is -3.60. The van der Waals surface area contributed by atoms with Gasteiger partial charge in [-0.05, 0) is 43.3 Å². The first-order valence-electron chi connectivity index (χ1n) is 8.73. The number of anilines is 3. The lowest BCUT2D eigenvalue weighted by molar-refractivity contribution is 0.415. The molecule has 132 valence electrons. The highest BCUT2D eigenvalue weighted by Gasteiger charge is 2.28. The third-order valence-electron chi connectivity index (χ3n) is 4.71. The number of aryl methyl sites for hydroxylation is 1. The summed E-state index contributed by atoms with van der Waals surface area (Å²) in [6.45, 7) is 2.05. The second-order valence-corrected chi connectivity index (χ2v) is 6.45. The van der Waals surface area contributed by atoms with Crippen LogP contribution in [0.3, 0.4) is 0 Å². The number of ether oxygens (including phenoxy) is 1. The van der Waals surface area contributed by atoms with Crippen LogP contribution in [0.4, 0.5) is 28.6 Å². The van der Waals surface area contributed by atoms with Crippen molar-refractivity contribution in [3.63, 3.8) is 0 Å². The number of para-hydroxylation sites is 3. The topological polar surface area (TPSA) is 50.3 Å². The molecular weight excluding hydrogens is 338 g/mol. The standard InChI is InChI=1S/C22H17N3O2/c1-14-11-12-19-15(13-14)21-22(27-19)25(18-9-5-6-10-20(18)26-2)17-8-4-3-7-16(17)23-24-21/h3-13H,1-2H3. The highest BCUT2D eigenvalue weighted by molar-refractivity contribution is 6.01. The third kappa shape index (κ3) is 2.39. The lowest BCUT2D eigenvalue weighted by atomic mass is 10.1. The molecule has 1 aromatic heterocycles. The van der Waals surface area contributed by atoms with Crippen LogP contribution >= 0.6 is 0 Å². The van der Waals surface area contributed by atoms with Crippen LogP contribution in [0.1, 0.15) is 5.56 Å². The van der Waals surface area contributed by atoms with Crippen molar-refractivity contribution in [3.8, 4) is 5.75 Å². The van der Waals surface area contributed by atoms with Crippen LogP contribution in [-0.2, 0) is 0 Å². The average molecular weight is 355 g/mol. The molecule has 0 saturated carbocycles. The van der Waals surface area contributed by atoms with Crippen molar-refractivity contribution in [2.75, 3.05) is 12.0 Å². The second kappa shape index (κ2) is 5.99. The van der Waals surface area contributed by atoms with Crippen molar-refractivity contribution in [2.24, 2.45) is 10.2 Å². The molecule has 0 amide bonds. The molecule has 1 aliphatic heterocycles. The molecule has 5 heteroatoms. The molecule has 4 aromatic rings. The first-order valence-corrected chi connectivity index (χ1v) is 8.73. The van der Waals surface area contributed by atoms with E-state index in [2.05, 4.69) is 23.2 Å². The zero-order valence-electron chi connectivity index (χ0n) is 15.0. The molecular formula is C22H17N3O2. The fraction of sp³-hybridized carbons (Fsp3) is 0.0909. The molecule has 2 heterocycles. The highest BCUT2D eigenvalue weighted by atomic mass is 16.5. The molecule has 0 fully saturated rings. The molecule has 0 atom stereocenters. The number of benzene rings is 3. The number of hydrogen-bond acceptors (Lipinski definition) is 5. The van der Waals surface area contributed by atoms with Crippen LogP contribution in [0.15, 0.2) is 81.4 Å². The van der Waals surface area contributed by atoms with Crippen molar-refractivity contribution in [1.29, 1.82) is 0 Å². The number of furan rings is 1. The molecule has 0 aliphatic carbocycles. The molecule has 3 aromatic carbocycles. The van der Waals surface area contributed by atoms with Gasteiger partial charge in [-0.3, -0.25) is 4.90 Å². The van der Waals surface area contributed by atoms with Gasteiger partial charge in [-0.25, -0.2) is 0 Å². The molecule has 1 aliphatic rings. The molecule has 0 bridgehead atoms. The fourth-order valence-corrected chi connectivity index (χ4v) is 3.44. The quantitative estimate of drug-likeness (QED) is 0.344. The smallest absolute Gasteiger partial charge is 0.233 e. The number of hydrogen-bond donors (Lipinski definition) is 0. The summed E-state index contributed by atoms with van der Waals surface area (Å²) in [6.07, 6.45) is 0. The van der Waals surface area contributed by atoms with E-state index in [1.165, 1.54) is 0 Å². The first-order chi connectivity index (χ1) is 13.3. The van der Waals surface area contributed by atoms with Crippen LogP contribution in [0.5, 0.6) is 5.75 Å². The number of methoxy groups -OCH3 is 1. The lowest BCUT2D eigenvalue weighted by Gasteiger charge is -2.24. The van der Waals surface area contributed by atoms with Gasteiger partial charge >= 0.3 is 0 Å². The van der Waals surface area contributed by atoms with Crippen LogP contribution in [0, 0.1) is 6.92 Å². The van der Waals surface area contributed by atoms with Gasteiger partial charge in [0, 0.05) is 0 Å². The number of fused-ring (bicyclic) bond motifs is 4. The van der Waals surface area contributed by atoms with Crippen LogP contribution in [0.2, 0.25) is 0 Å². The largest absolute Gasteiger partial charge is 0.495 e. The Morgan fingerprint density at radius 3 is 2.52 bits per heavy atom. The van der Waals surface area contributed by atoms with E-state index in [1.54, 1.807) is 7.11 Å². The minimum Gasteiger partial charge on any atom is -0.495 e. The molecule has 5 nitrogen and oxygen atoms in total. The maximum absolute atomic E-state index is 6.27. The van der Waals surface area contributed by atoms with Gasteiger partial charge in [0.15, 0.2) is 5.69 Å². The van der Waals surface area contributed by atoms with Crippen molar-refractivity contribution in [2.45, 2.75) is 6.92 Å². The van der Waals surface area contributed by atoms with Crippen LogP contribution in [0.25, 0.3) is 11.0 Å². The first kappa shape index (κ1) is 15.6. The molecule has 27 heavy (non-hydrogen) atoms. The van der Waals surface area contributed by atoms with Gasteiger partial charge in [0.1, 0.15) is 17.0 Å². The molecule has 5 rings (SSSR count). The zero-order chi connectivity index (χ0) is 18.4. The van der Waals surface area contributed by atoms with E-state index in [4.69, 9.17) is 9.15 Å². The molecule has 0 unspecified atom stereocenters. The molecule has 0 radical (unpaired) electrons. The Bertz CT molecular complexity index is 1190. The second-order valence-electron chi connectivity index (χ2n) is 6.45. The minimum absolute atomic E-state index is 0.633. The van der Waals surface area contributed by atoms with Gasteiger partial charge < -0.3 is 9.15 Å². The van der Waals surface area contributed by atoms with Crippen LogP contribution in [-0.4, -0.2) is 7.11 Å². The average Bonchev–Trinajstić information content (AvgIpc) is 2.96. The lowest BCUT2D eigenvalue weighted by Crippen LogP contribution is -2.10. The summed E-state index contributed by atoms with van der Waals surface area (Å²) < 4.78 is 11.9. The summed E-state index contributed by atoms with van der Waals surface area (Å²) in [7, 11) is 1.67. The van der Waals surface area contributed by atoms with E-state index >= 15 is 0 Å². The Morgan fingerprint density at radius 1 is 0.889 bits per heavy atom. The number of azo groups is 1. The van der Waals surface area contributed by atoms with Gasteiger partial charge in [-0.2, -0.15) is 0 Å². The van der Waals surface area contributed by atoms with E-state index in [9.17, 15) is 0 Å². The zero-order valence-corrected chi connectivity index (χ0v) is 15.0. The maximum Gasteiger partial charge on any atom is 0.233 e. The van der Waals surface area contributed by atoms with Crippen LogP contribution < -0.4 is 9.64 Å². The summed E-state index contributed by atoms with van der Waals surface area (Å²) in [5, 5.41) is 9.98. The summed E-state index contributed by atoms with van der Waals surface area (Å²) >= 11 is 0. The van der Waals surface area contributed by atoms with Crippen molar-refractivity contribution < 1.29 is 9.15 Å². The molecule has 0 saturated heterocycles. The maximum atomic E-state index is 6.27. The van der Waals surface area contributed by atoms with E-state index in [1.807, 2.05) is 65.6 Å². The van der Waals surface area contributed by atoms with E-state index < -0.39 is 0 Å². The third-order valence-corrected chi connectivity index (χ3v) is 4.71. The summed E-state index contributed by atoms with van der Waals surface area (Å²) in [5.41, 5.74) is 5.18. The summed E-state index contributed by atoms with van der Waals surface area (Å²) in [4.78, 5) is 2.03. The van der Waals surface area contributed by atoms with Crippen molar-refractivity contribution >= 4 is 39.6 Å². The normalized spacial score (nSPS) is 12.6. The van der Waals surface area contributed by atoms with Gasteiger partial charge in [-0.15, -0.1) is 10.2 Å². The van der Waals surface area contributed by atoms with Gasteiger partial charge in [0.25, 0.3) is 0 Å². The summed E-state index contributed by atoms with van der Waals surface area (Å²) in [6, 6.07) is 21.8. The molecule has 0 spiro atoms. The highest BCUT2D eigenvalue weighted by Crippen LogP contribution is 2.52. The Kier molecular flexibility index (Phi) is 3.47. The van der Waals surface area contributed by atoms with Gasteiger partial charge in [0.2, 0.25) is 5.88 Å². The monoisotopic (exact) mass is 355 g/mol. The van der Waals surface area contributed by atoms with E-state index in [0.717, 1.165) is 45.0 Å². The number of nitrogens with zero attached hydrogens (tertiary/aromatic N) is 3. The molecule has 0 N–H and O–H groups in total. The van der Waals surface area contributed by atoms with Crippen molar-refractivity contribution in [1.82, 2.24) is 0 Å². The Labute approximate surface area is 156 Å². The Balaban J connectivity index is 1.87. The fourth-order valence-electron chi connectivity index (χ4n) is 3.44. The predicted octanol–water partition coefficient (Wildman–Crippen LogP) is 6.95. The van der Waals surface area contributed by atoms with E-state index in [0.29, 0.717) is 5.88 Å². The van der Waals surface area contributed by atoms with Gasteiger partial charge in [-0.1, -0.05) is 35.9 Å². The van der Waals surface area contributed by atoms with Gasteiger partial charge in [0.05, 0.1) is 23.9 Å². The Morgan fingerprint density at radius 2 is 1.67 bits per heavy atom. The summed E-state index contributed by atoms with van der Waals surface area (Å²) in [5.74, 6) is 1.38. The SMILES string of the molecule is COc1ccccc1N1c2ccccc2N=Nc2c1oc1ccc(C)cc21.